The number of ether oxygens (including phenoxy) is 3. The van der Waals surface area contributed by atoms with Gasteiger partial charge in [-0.1, -0.05) is 12.1 Å². The van der Waals surface area contributed by atoms with E-state index in [1.54, 1.807) is 6.26 Å². The van der Waals surface area contributed by atoms with Crippen molar-refractivity contribution >= 4 is 22.6 Å². The van der Waals surface area contributed by atoms with Gasteiger partial charge in [0, 0.05) is 34.2 Å². The topological polar surface area (TPSA) is 101 Å². The van der Waals surface area contributed by atoms with Crippen LogP contribution in [-0.2, 0) is 33.9 Å². The molecule has 0 spiro atoms. The highest BCUT2D eigenvalue weighted by Crippen LogP contribution is 2.33. The van der Waals surface area contributed by atoms with Gasteiger partial charge in [0.05, 0.1) is 24.2 Å². The maximum absolute atomic E-state index is 12.4. The average Bonchev–Trinajstić information content (AvgIpc) is 3.12. The van der Waals surface area contributed by atoms with Crippen molar-refractivity contribution in [2.45, 2.75) is 33.5 Å². The van der Waals surface area contributed by atoms with E-state index in [1.807, 2.05) is 26.0 Å². The summed E-state index contributed by atoms with van der Waals surface area (Å²) in [6.07, 6.45) is 1.60. The number of non-ortho nitro benzene ring substituents is 1. The highest BCUT2D eigenvalue weighted by atomic mass is 16.7. The van der Waals surface area contributed by atoms with E-state index >= 15 is 0 Å². The number of hydrogen-bond acceptors (Lipinski definition) is 7. The lowest BCUT2D eigenvalue weighted by molar-refractivity contribution is -0.385. The zero-order chi connectivity index (χ0) is 20.5. The molecule has 29 heavy (non-hydrogen) atoms. The molecule has 0 fully saturated rings. The van der Waals surface area contributed by atoms with E-state index in [2.05, 4.69) is 0 Å². The molecule has 0 atom stereocenters. The number of benzene rings is 2. The van der Waals surface area contributed by atoms with Crippen LogP contribution in [-0.4, -0.2) is 17.7 Å². The minimum Gasteiger partial charge on any atom is -0.467 e. The summed E-state index contributed by atoms with van der Waals surface area (Å²) in [5, 5.41) is 12.0. The molecule has 1 aliphatic heterocycles. The summed E-state index contributed by atoms with van der Waals surface area (Å²) < 4.78 is 21.6. The summed E-state index contributed by atoms with van der Waals surface area (Å²) in [5.41, 5.74) is 4.53. The van der Waals surface area contributed by atoms with E-state index in [9.17, 15) is 14.9 Å². The highest BCUT2D eigenvalue weighted by Gasteiger charge is 2.22. The van der Waals surface area contributed by atoms with Gasteiger partial charge in [0.2, 0.25) is 0 Å². The van der Waals surface area contributed by atoms with Gasteiger partial charge in [-0.05, 0) is 25.0 Å². The molecule has 0 saturated carbocycles. The zero-order valence-electron chi connectivity index (χ0n) is 16.0. The second kappa shape index (κ2) is 7.56. The van der Waals surface area contributed by atoms with Gasteiger partial charge >= 0.3 is 5.97 Å². The molecule has 0 unspecified atom stereocenters. The van der Waals surface area contributed by atoms with E-state index in [1.165, 1.54) is 12.1 Å². The van der Waals surface area contributed by atoms with Crippen LogP contribution in [0.5, 0.6) is 5.75 Å². The van der Waals surface area contributed by atoms with Crippen molar-refractivity contribution in [3.63, 3.8) is 0 Å². The molecular formula is C21H19NO7. The first-order chi connectivity index (χ1) is 13.9. The number of carbonyl (C=O) groups excluding carboxylic acids is 1. The van der Waals surface area contributed by atoms with Crippen LogP contribution >= 0.6 is 0 Å². The molecule has 2 aromatic carbocycles. The Morgan fingerprint density at radius 2 is 2.07 bits per heavy atom. The highest BCUT2D eigenvalue weighted by molar-refractivity contribution is 5.88. The maximum atomic E-state index is 12.4. The maximum Gasteiger partial charge on any atom is 0.310 e. The number of hydrogen-bond donors (Lipinski definition) is 0. The third-order valence-corrected chi connectivity index (χ3v) is 5.05. The van der Waals surface area contributed by atoms with Crippen molar-refractivity contribution in [1.82, 2.24) is 0 Å². The van der Waals surface area contributed by atoms with Crippen LogP contribution in [0.3, 0.4) is 0 Å². The molecule has 3 aromatic rings. The third-order valence-electron chi connectivity index (χ3n) is 5.05. The minimum absolute atomic E-state index is 0.0383. The fourth-order valence-electron chi connectivity index (χ4n) is 3.38. The minimum atomic E-state index is -0.498. The summed E-state index contributed by atoms with van der Waals surface area (Å²) in [4.78, 5) is 23.1. The van der Waals surface area contributed by atoms with Crippen LogP contribution in [0, 0.1) is 24.0 Å². The molecule has 8 heteroatoms. The molecule has 4 rings (SSSR count). The Kier molecular flexibility index (Phi) is 4.94. The first-order valence-corrected chi connectivity index (χ1v) is 9.06. The second-order valence-corrected chi connectivity index (χ2v) is 6.94. The van der Waals surface area contributed by atoms with Gasteiger partial charge < -0.3 is 18.6 Å². The molecule has 0 N–H and O–H groups in total. The number of nitro groups is 1. The summed E-state index contributed by atoms with van der Waals surface area (Å²) in [6.45, 7) is 4.09. The Balaban J connectivity index is 1.51. The number of rotatable bonds is 5. The summed E-state index contributed by atoms with van der Waals surface area (Å²) in [7, 11) is 0. The second-order valence-electron chi connectivity index (χ2n) is 6.94. The molecule has 0 bridgehead atoms. The van der Waals surface area contributed by atoms with Gasteiger partial charge in [-0.3, -0.25) is 14.9 Å². The number of furan rings is 1. The Morgan fingerprint density at radius 3 is 2.86 bits per heavy atom. The number of fused-ring (bicyclic) bond motifs is 2. The SMILES string of the molecule is Cc1ccc2c(CC(=O)OCc3cc([N+](=O)[O-])cc4c3OCOC4)coc2c1C. The Morgan fingerprint density at radius 1 is 1.24 bits per heavy atom. The largest absolute Gasteiger partial charge is 0.467 e. The molecule has 1 aliphatic rings. The molecule has 0 radical (unpaired) electrons. The quantitative estimate of drug-likeness (QED) is 0.363. The van der Waals surface area contributed by atoms with Crippen LogP contribution in [0.25, 0.3) is 11.0 Å². The van der Waals surface area contributed by atoms with E-state index in [0.29, 0.717) is 16.9 Å². The number of aryl methyl sites for hydroxylation is 2. The summed E-state index contributed by atoms with van der Waals surface area (Å²) in [6, 6.07) is 6.67. The van der Waals surface area contributed by atoms with Gasteiger partial charge in [0.15, 0.2) is 6.79 Å². The van der Waals surface area contributed by atoms with Crippen molar-refractivity contribution in [2.75, 3.05) is 6.79 Å². The first-order valence-electron chi connectivity index (χ1n) is 9.06. The lowest BCUT2D eigenvalue weighted by Gasteiger charge is -2.20. The number of nitrogens with zero attached hydrogens (tertiary/aromatic N) is 1. The van der Waals surface area contributed by atoms with Crippen LogP contribution in [0.1, 0.15) is 27.8 Å². The van der Waals surface area contributed by atoms with Crippen molar-refractivity contribution in [3.8, 4) is 5.75 Å². The number of esters is 1. The number of carbonyl (C=O) groups is 1. The van der Waals surface area contributed by atoms with Crippen molar-refractivity contribution in [2.24, 2.45) is 0 Å². The lowest BCUT2D eigenvalue weighted by atomic mass is 10.0. The van der Waals surface area contributed by atoms with Gasteiger partial charge in [-0.25, -0.2) is 0 Å². The smallest absolute Gasteiger partial charge is 0.310 e. The van der Waals surface area contributed by atoms with Gasteiger partial charge in [0.1, 0.15) is 17.9 Å². The van der Waals surface area contributed by atoms with Crippen LogP contribution in [0.4, 0.5) is 5.69 Å². The van der Waals surface area contributed by atoms with E-state index in [0.717, 1.165) is 27.7 Å². The molecule has 1 aromatic heterocycles. The average molecular weight is 397 g/mol. The van der Waals surface area contributed by atoms with Crippen LogP contribution < -0.4 is 4.74 Å². The molecule has 2 heterocycles. The number of nitro benzene ring substituents is 1. The lowest BCUT2D eigenvalue weighted by Crippen LogP contribution is -2.15. The molecule has 0 saturated heterocycles. The normalized spacial score (nSPS) is 13.0. The predicted molar refractivity (Wildman–Crippen MR) is 103 cm³/mol. The van der Waals surface area contributed by atoms with E-state index in [-0.39, 0.29) is 32.1 Å². The third kappa shape index (κ3) is 3.66. The van der Waals surface area contributed by atoms with Crippen molar-refractivity contribution in [3.05, 3.63) is 68.5 Å². The molecule has 8 nitrogen and oxygen atoms in total. The van der Waals surface area contributed by atoms with Crippen molar-refractivity contribution in [1.29, 1.82) is 0 Å². The monoisotopic (exact) mass is 397 g/mol. The van der Waals surface area contributed by atoms with E-state index in [4.69, 9.17) is 18.6 Å². The zero-order valence-corrected chi connectivity index (χ0v) is 16.0. The molecule has 0 aliphatic carbocycles. The fourth-order valence-corrected chi connectivity index (χ4v) is 3.38. The Bertz CT molecular complexity index is 1120. The Hall–Kier alpha value is -3.39. The molecular weight excluding hydrogens is 378 g/mol. The predicted octanol–water partition coefficient (Wildman–Crippen LogP) is 4.11. The summed E-state index contributed by atoms with van der Waals surface area (Å²) in [5.74, 6) is 0.00718. The van der Waals surface area contributed by atoms with Gasteiger partial charge in [0.25, 0.3) is 5.69 Å². The van der Waals surface area contributed by atoms with Crippen molar-refractivity contribution < 1.29 is 28.3 Å². The Labute approximate surface area is 166 Å². The molecule has 150 valence electrons. The van der Waals surface area contributed by atoms with Gasteiger partial charge in [-0.2, -0.15) is 0 Å². The first kappa shape index (κ1) is 18.9. The standard InChI is InChI=1S/C21H19NO7/c1-12-3-4-18-14(9-28-20(18)13(12)2)7-19(23)27-10-16-6-17(22(24)25)5-15-8-26-11-29-21(15)16/h3-6,9H,7-8,10-11H2,1-2H3. The van der Waals surface area contributed by atoms with Crippen LogP contribution in [0.15, 0.2) is 34.9 Å². The fraction of sp³-hybridized carbons (Fsp3) is 0.286. The molecule has 0 amide bonds. The summed E-state index contributed by atoms with van der Waals surface area (Å²) >= 11 is 0. The van der Waals surface area contributed by atoms with E-state index < -0.39 is 10.9 Å². The van der Waals surface area contributed by atoms with Crippen LogP contribution in [0.2, 0.25) is 0 Å². The van der Waals surface area contributed by atoms with Gasteiger partial charge in [-0.15, -0.1) is 0 Å².